The Kier molecular flexibility index (Phi) is 4.19. The summed E-state index contributed by atoms with van der Waals surface area (Å²) in [5.74, 6) is 0.983. The molecule has 1 aromatic carbocycles. The summed E-state index contributed by atoms with van der Waals surface area (Å²) < 4.78 is 5.62. The summed E-state index contributed by atoms with van der Waals surface area (Å²) in [6, 6.07) is 15.3. The van der Waals surface area contributed by atoms with E-state index in [1.54, 1.807) is 6.26 Å². The molecule has 1 saturated heterocycles. The fourth-order valence-electron chi connectivity index (χ4n) is 2.97. The van der Waals surface area contributed by atoms with Crippen LogP contribution in [0.25, 0.3) is 0 Å². The van der Waals surface area contributed by atoms with Crippen molar-refractivity contribution in [3.8, 4) is 0 Å². The lowest BCUT2D eigenvalue weighted by molar-refractivity contribution is 0.291. The second kappa shape index (κ2) is 6.25. The molecule has 0 bridgehead atoms. The highest BCUT2D eigenvalue weighted by Gasteiger charge is 2.23. The Balaban J connectivity index is 1.73. The number of hydrogen-bond acceptors (Lipinski definition) is 3. The van der Waals surface area contributed by atoms with Crippen LogP contribution >= 0.6 is 0 Å². The van der Waals surface area contributed by atoms with Gasteiger partial charge >= 0.3 is 0 Å². The number of nitrogens with one attached hydrogen (secondary N) is 1. The van der Waals surface area contributed by atoms with Gasteiger partial charge in [-0.15, -0.1) is 0 Å². The second-order valence-electron chi connectivity index (χ2n) is 5.54. The Hall–Kier alpha value is -1.58. The van der Waals surface area contributed by atoms with Gasteiger partial charge in [-0.3, -0.25) is 0 Å². The zero-order valence-corrected chi connectivity index (χ0v) is 12.0. The molecule has 0 aliphatic carbocycles. The molecule has 3 nitrogen and oxygen atoms in total. The molecule has 20 heavy (non-hydrogen) atoms. The topological polar surface area (TPSA) is 28.4 Å². The third-order valence-corrected chi connectivity index (χ3v) is 4.19. The molecule has 106 valence electrons. The summed E-state index contributed by atoms with van der Waals surface area (Å²) in [6.07, 6.45) is 4.33. The third-order valence-electron chi connectivity index (χ3n) is 4.19. The molecule has 3 rings (SSSR count). The Bertz CT molecular complexity index is 509. The summed E-state index contributed by atoms with van der Waals surface area (Å²) in [7, 11) is 2.21. The first kappa shape index (κ1) is 13.4. The monoisotopic (exact) mass is 270 g/mol. The summed E-state index contributed by atoms with van der Waals surface area (Å²) >= 11 is 0. The molecular formula is C17H22N2O. The van der Waals surface area contributed by atoms with Gasteiger partial charge < -0.3 is 14.6 Å². The van der Waals surface area contributed by atoms with Crippen LogP contribution in [0.1, 0.15) is 30.2 Å². The summed E-state index contributed by atoms with van der Waals surface area (Å²) in [6.45, 7) is 2.21. The van der Waals surface area contributed by atoms with E-state index in [0.717, 1.165) is 12.3 Å². The third kappa shape index (κ3) is 2.94. The highest BCUT2D eigenvalue weighted by atomic mass is 16.3. The van der Waals surface area contributed by atoms with Gasteiger partial charge in [0.15, 0.2) is 0 Å². The fourth-order valence-corrected chi connectivity index (χ4v) is 2.97. The van der Waals surface area contributed by atoms with E-state index in [0.29, 0.717) is 6.04 Å². The quantitative estimate of drug-likeness (QED) is 0.905. The minimum atomic E-state index is 0.139. The highest BCUT2D eigenvalue weighted by molar-refractivity contribution is 5.26. The van der Waals surface area contributed by atoms with E-state index in [2.05, 4.69) is 41.5 Å². The Morgan fingerprint density at radius 1 is 1.25 bits per heavy atom. The molecule has 1 aromatic heterocycles. The largest absolute Gasteiger partial charge is 0.467 e. The summed E-state index contributed by atoms with van der Waals surface area (Å²) in [5, 5.41) is 3.68. The number of benzene rings is 1. The van der Waals surface area contributed by atoms with E-state index in [1.807, 2.05) is 18.2 Å². The SMILES string of the molecule is CN1CCCC1CNC(c1ccccc1)c1ccco1. The van der Waals surface area contributed by atoms with Gasteiger partial charge in [0, 0.05) is 12.6 Å². The molecular weight excluding hydrogens is 248 g/mol. The predicted molar refractivity (Wildman–Crippen MR) is 80.6 cm³/mol. The maximum absolute atomic E-state index is 5.62. The number of likely N-dealkylation sites (N-methyl/N-ethyl adjacent to an activating group) is 1. The molecule has 0 amide bonds. The van der Waals surface area contributed by atoms with E-state index in [9.17, 15) is 0 Å². The van der Waals surface area contributed by atoms with Gasteiger partial charge in [0.1, 0.15) is 5.76 Å². The average molecular weight is 270 g/mol. The number of rotatable bonds is 5. The van der Waals surface area contributed by atoms with Crippen molar-refractivity contribution in [3.63, 3.8) is 0 Å². The van der Waals surface area contributed by atoms with Crippen molar-refractivity contribution >= 4 is 0 Å². The van der Waals surface area contributed by atoms with Crippen molar-refractivity contribution in [1.82, 2.24) is 10.2 Å². The molecule has 1 N–H and O–H groups in total. The smallest absolute Gasteiger partial charge is 0.125 e. The molecule has 0 spiro atoms. The number of nitrogens with zero attached hydrogens (tertiary/aromatic N) is 1. The standard InChI is InChI=1S/C17H22N2O/c1-19-11-5-9-15(19)13-18-17(16-10-6-12-20-16)14-7-3-2-4-8-14/h2-4,6-8,10,12,15,17-18H,5,9,11,13H2,1H3. The van der Waals surface area contributed by atoms with Crippen molar-refractivity contribution in [2.45, 2.75) is 24.9 Å². The van der Waals surface area contributed by atoms with E-state index in [4.69, 9.17) is 4.42 Å². The van der Waals surface area contributed by atoms with Gasteiger partial charge in [-0.05, 0) is 44.1 Å². The molecule has 1 aliphatic rings. The Morgan fingerprint density at radius 2 is 2.10 bits per heavy atom. The van der Waals surface area contributed by atoms with Crippen LogP contribution in [0.15, 0.2) is 53.1 Å². The maximum atomic E-state index is 5.62. The van der Waals surface area contributed by atoms with E-state index in [-0.39, 0.29) is 6.04 Å². The van der Waals surface area contributed by atoms with E-state index in [1.165, 1.54) is 24.9 Å². The van der Waals surface area contributed by atoms with Gasteiger partial charge in [0.2, 0.25) is 0 Å². The molecule has 2 heterocycles. The van der Waals surface area contributed by atoms with E-state index >= 15 is 0 Å². The predicted octanol–water partition coefficient (Wildman–Crippen LogP) is 3.05. The van der Waals surface area contributed by atoms with Crippen LogP contribution in [0.3, 0.4) is 0 Å². The molecule has 0 saturated carbocycles. The first-order chi connectivity index (χ1) is 9.84. The average Bonchev–Trinajstić information content (AvgIpc) is 3.13. The number of hydrogen-bond donors (Lipinski definition) is 1. The molecule has 2 atom stereocenters. The number of furan rings is 1. The molecule has 2 unspecified atom stereocenters. The van der Waals surface area contributed by atoms with Crippen LogP contribution in [0.4, 0.5) is 0 Å². The van der Waals surface area contributed by atoms with Crippen molar-refractivity contribution in [1.29, 1.82) is 0 Å². The van der Waals surface area contributed by atoms with Crippen LogP contribution in [-0.2, 0) is 0 Å². The zero-order chi connectivity index (χ0) is 13.8. The van der Waals surface area contributed by atoms with Gasteiger partial charge in [0.25, 0.3) is 0 Å². The van der Waals surface area contributed by atoms with Crippen LogP contribution < -0.4 is 5.32 Å². The lowest BCUT2D eigenvalue weighted by Gasteiger charge is -2.24. The van der Waals surface area contributed by atoms with Crippen LogP contribution in [0.5, 0.6) is 0 Å². The minimum absolute atomic E-state index is 0.139. The Labute approximate surface area is 120 Å². The molecule has 1 fully saturated rings. The van der Waals surface area contributed by atoms with Gasteiger partial charge in [-0.2, -0.15) is 0 Å². The maximum Gasteiger partial charge on any atom is 0.125 e. The Morgan fingerprint density at radius 3 is 2.75 bits per heavy atom. The van der Waals surface area contributed by atoms with Crippen molar-refractivity contribution in [2.24, 2.45) is 0 Å². The highest BCUT2D eigenvalue weighted by Crippen LogP contribution is 2.23. The molecule has 1 aliphatic heterocycles. The first-order valence-corrected chi connectivity index (χ1v) is 7.36. The normalized spacial score (nSPS) is 21.1. The van der Waals surface area contributed by atoms with E-state index < -0.39 is 0 Å². The summed E-state index contributed by atoms with van der Waals surface area (Å²) in [5.41, 5.74) is 1.25. The number of likely N-dealkylation sites (tertiary alicyclic amines) is 1. The minimum Gasteiger partial charge on any atom is -0.467 e. The van der Waals surface area contributed by atoms with Gasteiger partial charge in [0.05, 0.1) is 12.3 Å². The van der Waals surface area contributed by atoms with Gasteiger partial charge in [-0.25, -0.2) is 0 Å². The lowest BCUT2D eigenvalue weighted by Crippen LogP contribution is -2.37. The molecule has 0 radical (unpaired) electrons. The van der Waals surface area contributed by atoms with Crippen LogP contribution in [0.2, 0.25) is 0 Å². The molecule has 2 aromatic rings. The summed E-state index contributed by atoms with van der Waals surface area (Å²) in [4.78, 5) is 2.44. The zero-order valence-electron chi connectivity index (χ0n) is 12.0. The second-order valence-corrected chi connectivity index (χ2v) is 5.54. The van der Waals surface area contributed by atoms with Crippen LogP contribution in [0, 0.1) is 0 Å². The van der Waals surface area contributed by atoms with Crippen molar-refractivity contribution < 1.29 is 4.42 Å². The van der Waals surface area contributed by atoms with Crippen molar-refractivity contribution in [3.05, 3.63) is 60.1 Å². The molecule has 3 heteroatoms. The lowest BCUT2D eigenvalue weighted by atomic mass is 10.0. The first-order valence-electron chi connectivity index (χ1n) is 7.36. The van der Waals surface area contributed by atoms with Crippen molar-refractivity contribution in [2.75, 3.05) is 20.1 Å². The van der Waals surface area contributed by atoms with Gasteiger partial charge in [-0.1, -0.05) is 30.3 Å². The van der Waals surface area contributed by atoms with Crippen LogP contribution in [-0.4, -0.2) is 31.1 Å². The fraction of sp³-hybridized carbons (Fsp3) is 0.412.